The fraction of sp³-hybridized carbons (Fsp3) is 0.125. The molecule has 4 rings (SSSR count). The van der Waals surface area contributed by atoms with Gasteiger partial charge in [-0.15, -0.1) is 11.3 Å². The number of fused-ring (bicyclic) bond motifs is 1. The Balaban J connectivity index is 1.58. The molecule has 30 heavy (non-hydrogen) atoms. The molecule has 0 saturated heterocycles. The van der Waals surface area contributed by atoms with Crippen LogP contribution in [0, 0.1) is 6.92 Å². The molecule has 2 aromatic carbocycles. The van der Waals surface area contributed by atoms with Crippen LogP contribution in [0.4, 0.5) is 5.69 Å². The van der Waals surface area contributed by atoms with Gasteiger partial charge in [0.1, 0.15) is 0 Å². The summed E-state index contributed by atoms with van der Waals surface area (Å²) in [5, 5.41) is 5.42. The molecule has 1 atom stereocenters. The number of hydrogen-bond donors (Lipinski definition) is 1. The van der Waals surface area contributed by atoms with Crippen LogP contribution in [0.5, 0.6) is 0 Å². The van der Waals surface area contributed by atoms with Crippen LogP contribution in [0.1, 0.15) is 22.8 Å². The van der Waals surface area contributed by atoms with E-state index in [-0.39, 0.29) is 5.91 Å². The van der Waals surface area contributed by atoms with E-state index in [0.717, 1.165) is 10.4 Å². The molecule has 0 saturated carbocycles. The highest BCUT2D eigenvalue weighted by Crippen LogP contribution is 2.28. The lowest BCUT2D eigenvalue weighted by Gasteiger charge is -2.15. The van der Waals surface area contributed by atoms with E-state index < -0.39 is 12.1 Å². The van der Waals surface area contributed by atoms with Crippen molar-refractivity contribution in [1.29, 1.82) is 0 Å². The number of aromatic nitrogens is 1. The number of nitrogens with one attached hydrogen (secondary N) is 1. The molecular weight excluding hydrogens is 396 g/mol. The van der Waals surface area contributed by atoms with Gasteiger partial charge in [0, 0.05) is 11.1 Å². The number of pyridine rings is 1. The summed E-state index contributed by atoms with van der Waals surface area (Å²) in [6.07, 6.45) is -0.948. The van der Waals surface area contributed by atoms with Crippen molar-refractivity contribution in [3.63, 3.8) is 0 Å². The third kappa shape index (κ3) is 4.23. The van der Waals surface area contributed by atoms with E-state index in [4.69, 9.17) is 4.74 Å². The first kappa shape index (κ1) is 19.8. The van der Waals surface area contributed by atoms with Gasteiger partial charge in [-0.2, -0.15) is 0 Å². The second-order valence-electron chi connectivity index (χ2n) is 6.95. The lowest BCUT2D eigenvalue weighted by atomic mass is 10.1. The SMILES string of the molecule is Cc1ccc(NC(=O)[C@H](C)OC(=O)c2cc(-c3cccs3)nc3ccccc23)cc1. The highest BCUT2D eigenvalue weighted by atomic mass is 32.1. The number of nitrogens with zero attached hydrogens (tertiary/aromatic N) is 1. The minimum Gasteiger partial charge on any atom is -0.449 e. The summed E-state index contributed by atoms with van der Waals surface area (Å²) < 4.78 is 5.50. The number of aryl methyl sites for hydroxylation is 1. The molecule has 1 N–H and O–H groups in total. The van der Waals surface area contributed by atoms with Gasteiger partial charge in [-0.05, 0) is 49.6 Å². The third-order valence-electron chi connectivity index (χ3n) is 4.68. The molecule has 1 amide bonds. The van der Waals surface area contributed by atoms with Gasteiger partial charge in [-0.3, -0.25) is 4.79 Å². The molecule has 150 valence electrons. The minimum atomic E-state index is -0.948. The zero-order chi connectivity index (χ0) is 21.1. The van der Waals surface area contributed by atoms with E-state index in [1.165, 1.54) is 0 Å². The van der Waals surface area contributed by atoms with Crippen LogP contribution in [-0.2, 0) is 9.53 Å². The van der Waals surface area contributed by atoms with Crippen molar-refractivity contribution >= 4 is 39.8 Å². The van der Waals surface area contributed by atoms with Crippen LogP contribution in [0.15, 0.2) is 72.1 Å². The van der Waals surface area contributed by atoms with Crippen molar-refractivity contribution in [3.05, 3.63) is 83.2 Å². The van der Waals surface area contributed by atoms with Crippen molar-refractivity contribution in [3.8, 4) is 10.6 Å². The van der Waals surface area contributed by atoms with Gasteiger partial charge in [-0.1, -0.05) is 42.0 Å². The third-order valence-corrected chi connectivity index (χ3v) is 5.57. The molecule has 0 aliphatic rings. The van der Waals surface area contributed by atoms with Gasteiger partial charge in [0.05, 0.1) is 21.7 Å². The standard InChI is InChI=1S/C24H20N2O3S/c1-15-9-11-17(12-10-15)25-23(27)16(2)29-24(28)19-14-21(22-8-5-13-30-22)26-20-7-4-3-6-18(19)20/h3-14,16H,1-2H3,(H,25,27)/t16-/m0/s1. The first-order valence-electron chi connectivity index (χ1n) is 9.53. The normalized spacial score (nSPS) is 11.8. The summed E-state index contributed by atoms with van der Waals surface area (Å²) in [5.74, 6) is -0.943. The average molecular weight is 417 g/mol. The molecule has 4 aromatic rings. The van der Waals surface area contributed by atoms with E-state index >= 15 is 0 Å². The first-order chi connectivity index (χ1) is 14.5. The molecule has 0 fully saturated rings. The Hall–Kier alpha value is -3.51. The van der Waals surface area contributed by atoms with Gasteiger partial charge in [-0.25, -0.2) is 9.78 Å². The molecule has 0 spiro atoms. The summed E-state index contributed by atoms with van der Waals surface area (Å²) in [5.41, 5.74) is 3.54. The second-order valence-corrected chi connectivity index (χ2v) is 7.90. The van der Waals surface area contributed by atoms with E-state index in [1.54, 1.807) is 24.3 Å². The Bertz CT molecular complexity index is 1200. The molecule has 2 aromatic heterocycles. The Morgan fingerprint density at radius 1 is 1.03 bits per heavy atom. The molecular formula is C24H20N2O3S. The molecule has 6 heteroatoms. The number of esters is 1. The van der Waals surface area contributed by atoms with Crippen LogP contribution < -0.4 is 5.32 Å². The molecule has 5 nitrogen and oxygen atoms in total. The van der Waals surface area contributed by atoms with Gasteiger partial charge >= 0.3 is 5.97 Å². The minimum absolute atomic E-state index is 0.385. The maximum Gasteiger partial charge on any atom is 0.339 e. The van der Waals surface area contributed by atoms with E-state index in [2.05, 4.69) is 10.3 Å². The van der Waals surface area contributed by atoms with Crippen molar-refractivity contribution < 1.29 is 14.3 Å². The topological polar surface area (TPSA) is 68.3 Å². The Kier molecular flexibility index (Phi) is 5.59. The predicted molar refractivity (Wildman–Crippen MR) is 120 cm³/mol. The van der Waals surface area contributed by atoms with Gasteiger partial charge in [0.25, 0.3) is 5.91 Å². The Morgan fingerprint density at radius 3 is 2.53 bits per heavy atom. The maximum absolute atomic E-state index is 13.0. The zero-order valence-corrected chi connectivity index (χ0v) is 17.4. The number of hydrogen-bond acceptors (Lipinski definition) is 5. The molecule has 0 unspecified atom stereocenters. The highest BCUT2D eigenvalue weighted by Gasteiger charge is 2.22. The van der Waals surface area contributed by atoms with Gasteiger partial charge in [0.2, 0.25) is 0 Å². The number of rotatable bonds is 5. The molecule has 0 aliphatic carbocycles. The fourth-order valence-corrected chi connectivity index (χ4v) is 3.74. The number of amides is 1. The van der Waals surface area contributed by atoms with Crippen molar-refractivity contribution in [2.75, 3.05) is 5.32 Å². The fourth-order valence-electron chi connectivity index (χ4n) is 3.05. The molecule has 0 radical (unpaired) electrons. The smallest absolute Gasteiger partial charge is 0.339 e. The van der Waals surface area contributed by atoms with Gasteiger partial charge in [0.15, 0.2) is 6.10 Å². The highest BCUT2D eigenvalue weighted by molar-refractivity contribution is 7.13. The van der Waals surface area contributed by atoms with Crippen LogP contribution in [0.3, 0.4) is 0 Å². The van der Waals surface area contributed by atoms with Crippen LogP contribution in [0.25, 0.3) is 21.5 Å². The zero-order valence-electron chi connectivity index (χ0n) is 16.6. The second kappa shape index (κ2) is 8.47. The predicted octanol–water partition coefficient (Wildman–Crippen LogP) is 5.46. The van der Waals surface area contributed by atoms with Crippen LogP contribution >= 0.6 is 11.3 Å². The Labute approximate surface area is 178 Å². The summed E-state index contributed by atoms with van der Waals surface area (Å²) >= 11 is 1.55. The quantitative estimate of drug-likeness (QED) is 0.439. The van der Waals surface area contributed by atoms with E-state index in [0.29, 0.717) is 27.8 Å². The number of ether oxygens (including phenoxy) is 1. The summed E-state index contributed by atoms with van der Waals surface area (Å²) in [6.45, 7) is 3.53. The van der Waals surface area contributed by atoms with Crippen molar-refractivity contribution in [2.24, 2.45) is 0 Å². The van der Waals surface area contributed by atoms with E-state index in [9.17, 15) is 9.59 Å². The molecule has 2 heterocycles. The summed E-state index contributed by atoms with van der Waals surface area (Å²) in [7, 11) is 0. The van der Waals surface area contributed by atoms with Crippen molar-refractivity contribution in [1.82, 2.24) is 4.98 Å². The maximum atomic E-state index is 13.0. The number of benzene rings is 2. The lowest BCUT2D eigenvalue weighted by molar-refractivity contribution is -0.123. The molecule has 0 bridgehead atoms. The number of thiophene rings is 1. The number of carbonyl (C=O) groups is 2. The summed E-state index contributed by atoms with van der Waals surface area (Å²) in [6, 6.07) is 20.5. The Morgan fingerprint density at radius 2 is 1.80 bits per heavy atom. The first-order valence-corrected chi connectivity index (χ1v) is 10.4. The number of para-hydroxylation sites is 1. The lowest BCUT2D eigenvalue weighted by Crippen LogP contribution is -2.30. The number of carbonyl (C=O) groups excluding carboxylic acids is 2. The van der Waals surface area contributed by atoms with Crippen LogP contribution in [-0.4, -0.2) is 23.0 Å². The monoisotopic (exact) mass is 416 g/mol. The van der Waals surface area contributed by atoms with Crippen LogP contribution in [0.2, 0.25) is 0 Å². The summed E-state index contributed by atoms with van der Waals surface area (Å²) in [4.78, 5) is 31.1. The average Bonchev–Trinajstić information content (AvgIpc) is 3.29. The molecule has 0 aliphatic heterocycles. The van der Waals surface area contributed by atoms with Gasteiger partial charge < -0.3 is 10.1 Å². The van der Waals surface area contributed by atoms with Crippen molar-refractivity contribution in [2.45, 2.75) is 20.0 Å². The largest absolute Gasteiger partial charge is 0.449 e. The number of anilines is 1. The van der Waals surface area contributed by atoms with E-state index in [1.807, 2.05) is 73.0 Å².